The molecule has 0 aliphatic heterocycles. The van der Waals surface area contributed by atoms with Gasteiger partial charge in [-0.1, -0.05) is 0 Å². The molecule has 4 nitrogen and oxygen atoms in total. The Morgan fingerprint density at radius 3 is 2.64 bits per heavy atom. The molecule has 0 aromatic carbocycles. The molecule has 0 bridgehead atoms. The molecule has 1 rings (SSSR count). The molecule has 0 unspecified atom stereocenters. The number of carboxylic acids is 1. The Bertz CT molecular complexity index is 300. The lowest BCUT2D eigenvalue weighted by molar-refractivity contribution is 0.0695. The monoisotopic (exact) mass is 217 g/mol. The molecule has 0 saturated heterocycles. The minimum atomic E-state index is -1.08. The molecule has 1 aromatic heterocycles. The predicted molar refractivity (Wildman–Crippen MR) is 40.6 cm³/mol. The number of rotatable bonds is 1. The van der Waals surface area contributed by atoms with Crippen LogP contribution in [0.2, 0.25) is 0 Å². The molecule has 58 valence electrons. The lowest BCUT2D eigenvalue weighted by Gasteiger charge is -1.96. The zero-order chi connectivity index (χ0) is 8.43. The van der Waals surface area contributed by atoms with Gasteiger partial charge in [0.1, 0.15) is 4.60 Å². The zero-order valence-electron chi connectivity index (χ0n) is 5.28. The van der Waals surface area contributed by atoms with Crippen molar-refractivity contribution >= 4 is 21.9 Å². The van der Waals surface area contributed by atoms with E-state index in [1.54, 1.807) is 0 Å². The Balaban J connectivity index is 3.20. The molecule has 0 aliphatic carbocycles. The highest BCUT2D eigenvalue weighted by atomic mass is 79.9. The van der Waals surface area contributed by atoms with Gasteiger partial charge in [0.2, 0.25) is 5.88 Å². The van der Waals surface area contributed by atoms with Crippen LogP contribution in [0.5, 0.6) is 5.88 Å². The molecule has 0 saturated carbocycles. The number of aromatic carboxylic acids is 1. The van der Waals surface area contributed by atoms with Gasteiger partial charge >= 0.3 is 5.97 Å². The van der Waals surface area contributed by atoms with Crippen LogP contribution < -0.4 is 0 Å². The van der Waals surface area contributed by atoms with Crippen LogP contribution in [0.15, 0.2) is 16.7 Å². The van der Waals surface area contributed by atoms with Gasteiger partial charge in [-0.2, -0.15) is 0 Å². The highest BCUT2D eigenvalue weighted by Gasteiger charge is 2.08. The SMILES string of the molecule is O=C(O)c1ccc(O)nc1Br. The second-order valence-electron chi connectivity index (χ2n) is 1.81. The molecule has 1 heterocycles. The quantitative estimate of drug-likeness (QED) is 0.695. The molecule has 11 heavy (non-hydrogen) atoms. The molecule has 5 heteroatoms. The Kier molecular flexibility index (Phi) is 2.09. The first kappa shape index (κ1) is 8.00. The Labute approximate surface area is 70.6 Å². The number of pyridine rings is 1. The highest BCUT2D eigenvalue weighted by Crippen LogP contribution is 2.16. The van der Waals surface area contributed by atoms with Crippen molar-refractivity contribution < 1.29 is 15.0 Å². The Morgan fingerprint density at radius 2 is 2.18 bits per heavy atom. The summed E-state index contributed by atoms with van der Waals surface area (Å²) in [7, 11) is 0. The Morgan fingerprint density at radius 1 is 1.55 bits per heavy atom. The number of aromatic hydroxyl groups is 1. The summed E-state index contributed by atoms with van der Waals surface area (Å²) in [6.07, 6.45) is 0. The van der Waals surface area contributed by atoms with Crippen LogP contribution >= 0.6 is 15.9 Å². The van der Waals surface area contributed by atoms with E-state index in [1.165, 1.54) is 12.1 Å². The van der Waals surface area contributed by atoms with E-state index >= 15 is 0 Å². The summed E-state index contributed by atoms with van der Waals surface area (Å²) in [5.74, 6) is -1.29. The van der Waals surface area contributed by atoms with Crippen molar-refractivity contribution in [3.8, 4) is 5.88 Å². The van der Waals surface area contributed by atoms with Crippen molar-refractivity contribution in [3.63, 3.8) is 0 Å². The van der Waals surface area contributed by atoms with Gasteiger partial charge in [0, 0.05) is 6.07 Å². The molecular formula is C6H4BrNO3. The van der Waals surface area contributed by atoms with Crippen LogP contribution in [-0.2, 0) is 0 Å². The number of carbonyl (C=O) groups is 1. The van der Waals surface area contributed by atoms with Crippen LogP contribution in [-0.4, -0.2) is 21.2 Å². The standard InChI is InChI=1S/C6H4BrNO3/c7-5-3(6(10)11)1-2-4(9)8-5/h1-2H,(H,8,9)(H,10,11). The zero-order valence-corrected chi connectivity index (χ0v) is 6.87. The van der Waals surface area contributed by atoms with Crippen molar-refractivity contribution in [2.24, 2.45) is 0 Å². The molecule has 0 spiro atoms. The largest absolute Gasteiger partial charge is 0.493 e. The van der Waals surface area contributed by atoms with Crippen LogP contribution in [0.25, 0.3) is 0 Å². The van der Waals surface area contributed by atoms with Gasteiger partial charge in [-0.3, -0.25) is 0 Å². The van der Waals surface area contributed by atoms with Gasteiger partial charge in [-0.05, 0) is 22.0 Å². The van der Waals surface area contributed by atoms with E-state index < -0.39 is 5.97 Å². The lowest BCUT2D eigenvalue weighted by Crippen LogP contribution is -1.98. The van der Waals surface area contributed by atoms with Gasteiger partial charge in [0.25, 0.3) is 0 Å². The van der Waals surface area contributed by atoms with E-state index in [4.69, 9.17) is 10.2 Å². The number of hydrogen-bond acceptors (Lipinski definition) is 3. The van der Waals surface area contributed by atoms with Crippen molar-refractivity contribution in [2.75, 3.05) is 0 Å². The first-order chi connectivity index (χ1) is 5.11. The molecule has 0 radical (unpaired) electrons. The third-order valence-corrected chi connectivity index (χ3v) is 1.67. The maximum atomic E-state index is 10.4. The number of nitrogens with zero attached hydrogens (tertiary/aromatic N) is 1. The van der Waals surface area contributed by atoms with E-state index in [2.05, 4.69) is 20.9 Å². The molecule has 0 atom stereocenters. The van der Waals surface area contributed by atoms with Crippen LogP contribution in [0, 0.1) is 0 Å². The molecule has 2 N–H and O–H groups in total. The summed E-state index contributed by atoms with van der Waals surface area (Å²) < 4.78 is 0.130. The minimum absolute atomic E-state index is 0.0304. The lowest BCUT2D eigenvalue weighted by atomic mass is 10.3. The summed E-state index contributed by atoms with van der Waals surface area (Å²) in [6.45, 7) is 0. The average Bonchev–Trinajstić information content (AvgIpc) is 1.85. The molecular weight excluding hydrogens is 214 g/mol. The van der Waals surface area contributed by atoms with E-state index in [9.17, 15) is 4.79 Å². The smallest absolute Gasteiger partial charge is 0.338 e. The van der Waals surface area contributed by atoms with Crippen molar-refractivity contribution in [2.45, 2.75) is 0 Å². The van der Waals surface area contributed by atoms with Gasteiger partial charge in [-0.25, -0.2) is 9.78 Å². The average molecular weight is 218 g/mol. The van der Waals surface area contributed by atoms with Crippen molar-refractivity contribution in [3.05, 3.63) is 22.3 Å². The van der Waals surface area contributed by atoms with E-state index in [0.29, 0.717) is 0 Å². The van der Waals surface area contributed by atoms with Crippen molar-refractivity contribution in [1.29, 1.82) is 0 Å². The van der Waals surface area contributed by atoms with Crippen molar-refractivity contribution in [1.82, 2.24) is 4.98 Å². The van der Waals surface area contributed by atoms with Crippen LogP contribution in [0.4, 0.5) is 0 Å². The second kappa shape index (κ2) is 2.87. The fourth-order valence-electron chi connectivity index (χ4n) is 0.584. The summed E-state index contributed by atoms with van der Waals surface area (Å²) in [4.78, 5) is 13.9. The number of halogens is 1. The molecule has 0 amide bonds. The topological polar surface area (TPSA) is 70.4 Å². The third-order valence-electron chi connectivity index (χ3n) is 1.06. The number of carboxylic acid groups (broad SMARTS) is 1. The minimum Gasteiger partial charge on any atom is -0.493 e. The van der Waals surface area contributed by atoms with Gasteiger partial charge in [0.05, 0.1) is 5.56 Å². The van der Waals surface area contributed by atoms with Crippen LogP contribution in [0.3, 0.4) is 0 Å². The Hall–Kier alpha value is -1.10. The predicted octanol–water partition coefficient (Wildman–Crippen LogP) is 1.25. The summed E-state index contributed by atoms with van der Waals surface area (Å²) >= 11 is 2.90. The normalized spacial score (nSPS) is 9.55. The van der Waals surface area contributed by atoms with E-state index in [0.717, 1.165) is 0 Å². The third kappa shape index (κ3) is 1.68. The van der Waals surface area contributed by atoms with E-state index in [-0.39, 0.29) is 16.0 Å². The maximum Gasteiger partial charge on any atom is 0.338 e. The summed E-state index contributed by atoms with van der Waals surface area (Å²) in [5, 5.41) is 17.3. The highest BCUT2D eigenvalue weighted by molar-refractivity contribution is 9.10. The maximum absolute atomic E-state index is 10.4. The summed E-state index contributed by atoms with van der Waals surface area (Å²) in [5.41, 5.74) is 0.0304. The molecule has 0 aliphatic rings. The molecule has 0 fully saturated rings. The fourth-order valence-corrected chi connectivity index (χ4v) is 1.07. The number of hydrogen-bond donors (Lipinski definition) is 2. The second-order valence-corrected chi connectivity index (χ2v) is 2.56. The van der Waals surface area contributed by atoms with Gasteiger partial charge in [0.15, 0.2) is 0 Å². The number of aromatic nitrogens is 1. The first-order valence-corrected chi connectivity index (χ1v) is 3.49. The van der Waals surface area contributed by atoms with Gasteiger partial charge in [-0.15, -0.1) is 0 Å². The first-order valence-electron chi connectivity index (χ1n) is 2.70. The van der Waals surface area contributed by atoms with Gasteiger partial charge < -0.3 is 10.2 Å². The summed E-state index contributed by atoms with van der Waals surface area (Å²) in [6, 6.07) is 2.49. The molecule has 1 aromatic rings. The van der Waals surface area contributed by atoms with Crippen LogP contribution in [0.1, 0.15) is 10.4 Å². The fraction of sp³-hybridized carbons (Fsp3) is 0. The van der Waals surface area contributed by atoms with E-state index in [1.807, 2.05) is 0 Å².